The normalized spacial score (nSPS) is 20.5. The Morgan fingerprint density at radius 2 is 1.01 bits per heavy atom. The van der Waals surface area contributed by atoms with E-state index in [0.717, 1.165) is 0 Å². The number of nitrogens with two attached hydrogens (primary N) is 2. The quantitative estimate of drug-likeness (QED) is 0.0410. The van der Waals surface area contributed by atoms with Crippen molar-refractivity contribution in [3.63, 3.8) is 0 Å². The van der Waals surface area contributed by atoms with Crippen LogP contribution in [0.25, 0.3) is 0 Å². The number of primary amides is 1. The molecule has 4 aliphatic heterocycles. The highest BCUT2D eigenvalue weighted by molar-refractivity contribution is 5.99. The number of benzene rings is 1. The zero-order chi connectivity index (χ0) is 57.2. The largest absolute Gasteiger partial charge is 0.481 e. The van der Waals surface area contributed by atoms with E-state index in [1.807, 2.05) is 0 Å². The topological polar surface area (TPSA) is 400 Å². The molecule has 27 heteroatoms. The fourth-order valence-electron chi connectivity index (χ4n) is 10.4. The summed E-state index contributed by atoms with van der Waals surface area (Å²) in [6, 6.07) is -1.03. The second-order valence-corrected chi connectivity index (χ2v) is 20.4. The van der Waals surface area contributed by atoms with Crippen LogP contribution < -0.4 is 43.4 Å². The number of carbonyl (C=O) groups is 13. The third kappa shape index (κ3) is 17.1. The summed E-state index contributed by atoms with van der Waals surface area (Å²) in [6.07, 6.45) is 0.677. The van der Waals surface area contributed by atoms with Gasteiger partial charge < -0.3 is 73.2 Å². The Labute approximate surface area is 451 Å². The molecule has 4 saturated heterocycles. The minimum atomic E-state index is -1.54. The molecule has 428 valence electrons. The fourth-order valence-corrected chi connectivity index (χ4v) is 10.4. The van der Waals surface area contributed by atoms with Gasteiger partial charge in [0.05, 0.1) is 13.1 Å². The van der Waals surface area contributed by atoms with E-state index in [0.29, 0.717) is 24.8 Å². The summed E-state index contributed by atoms with van der Waals surface area (Å²) in [6.45, 7) is 2.64. The van der Waals surface area contributed by atoms with Crippen LogP contribution in [0.5, 0.6) is 0 Å². The van der Waals surface area contributed by atoms with Crippen molar-refractivity contribution in [1.82, 2.24) is 51.5 Å². The summed E-state index contributed by atoms with van der Waals surface area (Å²) in [5.41, 5.74) is 11.5. The summed E-state index contributed by atoms with van der Waals surface area (Å²) in [5, 5.41) is 34.0. The molecule has 27 nitrogen and oxygen atoms in total. The fraction of sp³-hybridized carbons (Fsp3) is 0.627. The number of carbonyl (C=O) groups excluding carboxylic acids is 11. The minimum absolute atomic E-state index is 0.00484. The molecule has 12 N–H and O–H groups in total. The zero-order valence-corrected chi connectivity index (χ0v) is 44.1. The van der Waals surface area contributed by atoms with Crippen molar-refractivity contribution in [2.45, 2.75) is 152 Å². The van der Waals surface area contributed by atoms with Gasteiger partial charge in [0, 0.05) is 45.4 Å². The van der Waals surface area contributed by atoms with Crippen LogP contribution in [0.15, 0.2) is 30.3 Å². The first-order valence-corrected chi connectivity index (χ1v) is 26.5. The predicted octanol–water partition coefficient (Wildman–Crippen LogP) is -3.42. The summed E-state index contributed by atoms with van der Waals surface area (Å²) in [4.78, 5) is 177. The standard InChI is InChI=1S/C51H74N12O15/c1-29(2)24-33(50(77)61-21-7-12-35(61)45(72)55-28-43(69)70)58-44(71)31(17-19-42(67)68)56-47(74)37-14-8-22-62(37)49(76)32(16-18-39(53)64)57-48(75)38-15-9-23-63(38)51(78)34(25-30-10-4-3-5-11-30)59-46(73)36-13-6-20-60(36)41(66)27-54-40(65)26-52/h3-5,10-11,29,31-38H,6-9,12-28,52H2,1-2H3,(H2,53,64)(H,54,65)(H,55,72)(H,56,74)(H,57,75)(H,58,71)(H,59,73)(H,67,68)(H,69,70)/t31-,32-,33-,34-,35-,36-,37-,38-/m0/s1. The van der Waals surface area contributed by atoms with Crippen LogP contribution in [0.3, 0.4) is 0 Å². The van der Waals surface area contributed by atoms with Crippen molar-refractivity contribution < 1.29 is 72.5 Å². The number of hydrogen-bond donors (Lipinski definition) is 10. The molecular weight excluding hydrogens is 1020 g/mol. The van der Waals surface area contributed by atoms with Crippen LogP contribution in [-0.4, -0.2) is 201 Å². The molecule has 78 heavy (non-hydrogen) atoms. The van der Waals surface area contributed by atoms with Gasteiger partial charge in [-0.1, -0.05) is 44.2 Å². The average Bonchev–Trinajstić information content (AvgIpc) is 4.29. The minimum Gasteiger partial charge on any atom is -0.481 e. The molecule has 1 aromatic rings. The molecule has 4 heterocycles. The maximum atomic E-state index is 14.6. The summed E-state index contributed by atoms with van der Waals surface area (Å²) >= 11 is 0. The van der Waals surface area contributed by atoms with Gasteiger partial charge in [-0.3, -0.25) is 62.3 Å². The molecule has 4 fully saturated rings. The lowest BCUT2D eigenvalue weighted by atomic mass is 10.0. The van der Waals surface area contributed by atoms with Crippen LogP contribution in [0.2, 0.25) is 0 Å². The van der Waals surface area contributed by atoms with Crippen molar-refractivity contribution in [3.8, 4) is 0 Å². The first-order valence-electron chi connectivity index (χ1n) is 26.5. The average molecular weight is 1100 g/mol. The van der Waals surface area contributed by atoms with E-state index >= 15 is 0 Å². The van der Waals surface area contributed by atoms with E-state index in [1.165, 1.54) is 19.6 Å². The highest BCUT2D eigenvalue weighted by Crippen LogP contribution is 2.25. The molecule has 0 aliphatic carbocycles. The third-order valence-corrected chi connectivity index (χ3v) is 14.2. The molecule has 11 amide bonds. The number of nitrogens with zero attached hydrogens (tertiary/aromatic N) is 4. The monoisotopic (exact) mass is 1090 g/mol. The number of nitrogens with one attached hydrogen (secondary N) is 6. The van der Waals surface area contributed by atoms with Crippen LogP contribution >= 0.6 is 0 Å². The Balaban J connectivity index is 1.31. The molecule has 0 aromatic heterocycles. The Morgan fingerprint density at radius 1 is 0.551 bits per heavy atom. The molecule has 0 radical (unpaired) electrons. The first-order chi connectivity index (χ1) is 37.1. The van der Waals surface area contributed by atoms with E-state index in [2.05, 4.69) is 31.9 Å². The van der Waals surface area contributed by atoms with Gasteiger partial charge in [0.2, 0.25) is 65.0 Å². The summed E-state index contributed by atoms with van der Waals surface area (Å²) in [5.74, 6) is -10.5. The third-order valence-electron chi connectivity index (χ3n) is 14.2. The van der Waals surface area contributed by atoms with Crippen molar-refractivity contribution in [1.29, 1.82) is 0 Å². The number of aliphatic carboxylic acids is 2. The van der Waals surface area contributed by atoms with E-state index < -0.39 is 145 Å². The van der Waals surface area contributed by atoms with E-state index in [9.17, 15) is 67.4 Å². The molecule has 0 saturated carbocycles. The van der Waals surface area contributed by atoms with Gasteiger partial charge in [-0.25, -0.2) is 0 Å². The molecule has 4 aliphatic rings. The number of hydrogen-bond acceptors (Lipinski definition) is 14. The molecule has 5 rings (SSSR count). The number of carboxylic acid groups (broad SMARTS) is 2. The first kappa shape index (κ1) is 61.1. The number of carboxylic acids is 2. The Kier molecular flexibility index (Phi) is 22.9. The molecular formula is C51H74N12O15. The number of amides is 11. The lowest BCUT2D eigenvalue weighted by Crippen LogP contribution is -2.60. The van der Waals surface area contributed by atoms with Crippen molar-refractivity contribution >= 4 is 76.9 Å². The van der Waals surface area contributed by atoms with Gasteiger partial charge >= 0.3 is 11.9 Å². The van der Waals surface area contributed by atoms with Crippen LogP contribution in [0.1, 0.15) is 103 Å². The smallest absolute Gasteiger partial charge is 0.322 e. The Morgan fingerprint density at radius 3 is 1.51 bits per heavy atom. The van der Waals surface area contributed by atoms with Crippen LogP contribution in [0.4, 0.5) is 0 Å². The Bertz CT molecular complexity index is 2410. The molecule has 0 spiro atoms. The van der Waals surface area contributed by atoms with Crippen molar-refractivity contribution in [2.75, 3.05) is 45.8 Å². The van der Waals surface area contributed by atoms with E-state index in [1.54, 1.807) is 44.2 Å². The second-order valence-electron chi connectivity index (χ2n) is 20.4. The van der Waals surface area contributed by atoms with Crippen LogP contribution in [0, 0.1) is 5.92 Å². The second kappa shape index (κ2) is 29.1. The zero-order valence-electron chi connectivity index (χ0n) is 44.1. The lowest BCUT2D eigenvalue weighted by molar-refractivity contribution is -0.145. The lowest BCUT2D eigenvalue weighted by Gasteiger charge is -2.33. The molecule has 0 bridgehead atoms. The summed E-state index contributed by atoms with van der Waals surface area (Å²) < 4.78 is 0. The van der Waals surface area contributed by atoms with E-state index in [-0.39, 0.29) is 103 Å². The highest BCUT2D eigenvalue weighted by Gasteiger charge is 2.44. The van der Waals surface area contributed by atoms with E-state index in [4.69, 9.17) is 16.6 Å². The maximum Gasteiger partial charge on any atom is 0.322 e. The van der Waals surface area contributed by atoms with Gasteiger partial charge in [-0.05, 0) is 82.1 Å². The molecule has 1 aromatic carbocycles. The van der Waals surface area contributed by atoms with Crippen molar-refractivity contribution in [3.05, 3.63) is 35.9 Å². The Hall–Kier alpha value is -7.71. The summed E-state index contributed by atoms with van der Waals surface area (Å²) in [7, 11) is 0. The van der Waals surface area contributed by atoms with Gasteiger partial charge in [0.1, 0.15) is 54.9 Å². The van der Waals surface area contributed by atoms with Crippen molar-refractivity contribution in [2.24, 2.45) is 17.4 Å². The molecule has 0 unspecified atom stereocenters. The molecule has 8 atom stereocenters. The SMILES string of the molecule is CC(C)C[C@H](NC(=O)[C@H](CCC(=O)O)NC(=O)[C@@H]1CCCN1C(=O)[C@H](CCC(N)=O)NC(=O)[C@@H]1CCCN1C(=O)[C@H](Cc1ccccc1)NC(=O)[C@@H]1CCCN1C(=O)CNC(=O)CN)C(=O)N1CCC[C@H]1C(=O)NCC(=O)O. The van der Waals surface area contributed by atoms with Gasteiger partial charge in [-0.2, -0.15) is 0 Å². The van der Waals surface area contributed by atoms with Gasteiger partial charge in [-0.15, -0.1) is 0 Å². The van der Waals surface area contributed by atoms with Gasteiger partial charge in [0.15, 0.2) is 0 Å². The number of likely N-dealkylation sites (tertiary alicyclic amines) is 4. The maximum absolute atomic E-state index is 14.6. The predicted molar refractivity (Wildman–Crippen MR) is 274 cm³/mol. The van der Waals surface area contributed by atoms with Gasteiger partial charge in [0.25, 0.3) is 0 Å². The number of rotatable bonds is 27. The van der Waals surface area contributed by atoms with Crippen LogP contribution in [-0.2, 0) is 68.7 Å². The highest BCUT2D eigenvalue weighted by atomic mass is 16.4.